The van der Waals surface area contributed by atoms with Crippen LogP contribution in [0.5, 0.6) is 0 Å². The number of ether oxygens (including phenoxy) is 1. The molecule has 3 nitrogen and oxygen atoms in total. The molecule has 2 atom stereocenters. The molecule has 0 aromatic rings. The first-order valence-electron chi connectivity index (χ1n) is 2.53. The smallest absolute Gasteiger partial charge is 0.0944 e. The minimum atomic E-state index is -1.17. The fraction of sp³-hybridized carbons (Fsp3) is 1.00. The number of hydrogen-bond acceptors (Lipinski definition) is 2. The molecule has 0 saturated carbocycles. The van der Waals surface area contributed by atoms with Crippen LogP contribution in [0.3, 0.4) is 0 Å². The van der Waals surface area contributed by atoms with Gasteiger partial charge in [-0.1, -0.05) is 0 Å². The maximum absolute atomic E-state index is 10.5. The topological polar surface area (TPSA) is 52.3 Å². The van der Waals surface area contributed by atoms with Gasteiger partial charge in [-0.3, -0.25) is 5.14 Å². The second-order valence-corrected chi connectivity index (χ2v) is 3.14. The van der Waals surface area contributed by atoms with Crippen LogP contribution in [-0.2, 0) is 15.7 Å². The largest absolute Gasteiger partial charge is 0.380 e. The lowest BCUT2D eigenvalue weighted by Crippen LogP contribution is -2.21. The molecule has 0 amide bonds. The number of rotatable bonds is 1. The Morgan fingerprint density at radius 2 is 2.50 bits per heavy atom. The standard InChI is InChI=1S/C4H9NO2S/c5-8(6)4-1-2-7-3-4/h4H,1-3,5H2. The second kappa shape index (κ2) is 2.57. The van der Waals surface area contributed by atoms with Crippen LogP contribution in [-0.4, -0.2) is 22.7 Å². The normalized spacial score (nSPS) is 32.9. The molecule has 1 saturated heterocycles. The lowest BCUT2D eigenvalue weighted by Gasteiger charge is -1.98. The average molecular weight is 135 g/mol. The molecular weight excluding hydrogens is 126 g/mol. The summed E-state index contributed by atoms with van der Waals surface area (Å²) in [6.07, 6.45) is 0.850. The highest BCUT2D eigenvalue weighted by Crippen LogP contribution is 2.06. The van der Waals surface area contributed by atoms with Crippen molar-refractivity contribution in [3.63, 3.8) is 0 Å². The summed E-state index contributed by atoms with van der Waals surface area (Å²) in [5.41, 5.74) is 0. The van der Waals surface area contributed by atoms with Gasteiger partial charge in [0.25, 0.3) is 0 Å². The molecule has 2 unspecified atom stereocenters. The molecule has 1 fully saturated rings. The zero-order valence-corrected chi connectivity index (χ0v) is 5.32. The Balaban J connectivity index is 2.35. The Labute approximate surface area is 50.8 Å². The summed E-state index contributed by atoms with van der Waals surface area (Å²) < 4.78 is 15.4. The Morgan fingerprint density at radius 1 is 1.75 bits per heavy atom. The third-order valence-electron chi connectivity index (χ3n) is 1.22. The van der Waals surface area contributed by atoms with E-state index < -0.39 is 11.0 Å². The fourth-order valence-electron chi connectivity index (χ4n) is 0.696. The summed E-state index contributed by atoms with van der Waals surface area (Å²) in [4.78, 5) is 0. The van der Waals surface area contributed by atoms with E-state index >= 15 is 0 Å². The van der Waals surface area contributed by atoms with Crippen molar-refractivity contribution in [2.75, 3.05) is 13.2 Å². The molecule has 0 bridgehead atoms. The van der Waals surface area contributed by atoms with Gasteiger partial charge < -0.3 is 4.74 Å². The van der Waals surface area contributed by atoms with E-state index in [2.05, 4.69) is 0 Å². The van der Waals surface area contributed by atoms with Crippen LogP contribution < -0.4 is 5.14 Å². The molecule has 2 N–H and O–H groups in total. The van der Waals surface area contributed by atoms with Crippen molar-refractivity contribution in [2.45, 2.75) is 11.7 Å². The molecule has 0 aromatic carbocycles. The van der Waals surface area contributed by atoms with Crippen molar-refractivity contribution in [1.29, 1.82) is 0 Å². The SMILES string of the molecule is NS(=O)C1CCOC1. The zero-order chi connectivity index (χ0) is 5.98. The van der Waals surface area contributed by atoms with E-state index in [1.54, 1.807) is 0 Å². The summed E-state index contributed by atoms with van der Waals surface area (Å²) in [7, 11) is -1.17. The van der Waals surface area contributed by atoms with Gasteiger partial charge in [-0.05, 0) is 6.42 Å². The summed E-state index contributed by atoms with van der Waals surface area (Å²) in [6.45, 7) is 1.29. The van der Waals surface area contributed by atoms with Crippen molar-refractivity contribution < 1.29 is 8.95 Å². The third-order valence-corrected chi connectivity index (χ3v) is 2.25. The molecule has 8 heavy (non-hydrogen) atoms. The quantitative estimate of drug-likeness (QED) is 0.522. The van der Waals surface area contributed by atoms with Crippen LogP contribution in [0.4, 0.5) is 0 Å². The monoisotopic (exact) mass is 135 g/mol. The van der Waals surface area contributed by atoms with Crippen molar-refractivity contribution in [3.8, 4) is 0 Å². The molecule has 0 spiro atoms. The molecule has 4 heteroatoms. The van der Waals surface area contributed by atoms with E-state index in [9.17, 15) is 4.21 Å². The van der Waals surface area contributed by atoms with Crippen LogP contribution in [0.2, 0.25) is 0 Å². The van der Waals surface area contributed by atoms with Gasteiger partial charge in [0.15, 0.2) is 0 Å². The number of hydrogen-bond donors (Lipinski definition) is 1. The number of nitrogens with two attached hydrogens (primary N) is 1. The molecule has 0 aromatic heterocycles. The highest BCUT2D eigenvalue weighted by Gasteiger charge is 2.18. The second-order valence-electron chi connectivity index (χ2n) is 1.81. The van der Waals surface area contributed by atoms with Crippen LogP contribution >= 0.6 is 0 Å². The van der Waals surface area contributed by atoms with Crippen molar-refractivity contribution >= 4 is 11.0 Å². The molecule has 1 rings (SSSR count). The first-order chi connectivity index (χ1) is 3.80. The lowest BCUT2D eigenvalue weighted by molar-refractivity contribution is 0.199. The van der Waals surface area contributed by atoms with Gasteiger partial charge in [-0.15, -0.1) is 0 Å². The average Bonchev–Trinajstić information content (AvgIpc) is 2.12. The van der Waals surface area contributed by atoms with Crippen molar-refractivity contribution in [1.82, 2.24) is 0 Å². The van der Waals surface area contributed by atoms with E-state index in [0.29, 0.717) is 13.2 Å². The predicted octanol–water partition coefficient (Wildman–Crippen LogP) is -0.602. The van der Waals surface area contributed by atoms with Crippen LogP contribution in [0.15, 0.2) is 0 Å². The Hall–Kier alpha value is 0.0700. The van der Waals surface area contributed by atoms with Gasteiger partial charge in [0, 0.05) is 6.61 Å². The van der Waals surface area contributed by atoms with E-state index in [-0.39, 0.29) is 5.25 Å². The molecule has 1 aliphatic heterocycles. The highest BCUT2D eigenvalue weighted by molar-refractivity contribution is 7.83. The van der Waals surface area contributed by atoms with Gasteiger partial charge in [0.05, 0.1) is 22.8 Å². The highest BCUT2D eigenvalue weighted by atomic mass is 32.2. The summed E-state index contributed by atoms with van der Waals surface area (Å²) >= 11 is 0. The van der Waals surface area contributed by atoms with E-state index in [1.807, 2.05) is 0 Å². The molecule has 1 heterocycles. The Morgan fingerprint density at radius 3 is 2.75 bits per heavy atom. The fourth-order valence-corrected chi connectivity index (χ4v) is 1.25. The minimum absolute atomic E-state index is 0.0926. The first kappa shape index (κ1) is 6.19. The molecule has 48 valence electrons. The maximum atomic E-state index is 10.5. The lowest BCUT2D eigenvalue weighted by atomic mass is 10.4. The van der Waals surface area contributed by atoms with Gasteiger partial charge >= 0.3 is 0 Å². The molecular formula is C4H9NO2S. The van der Waals surface area contributed by atoms with E-state index in [0.717, 1.165) is 6.42 Å². The Kier molecular flexibility index (Phi) is 1.99. The van der Waals surface area contributed by atoms with Crippen LogP contribution in [0.1, 0.15) is 6.42 Å². The van der Waals surface area contributed by atoms with Crippen LogP contribution in [0, 0.1) is 0 Å². The maximum Gasteiger partial charge on any atom is 0.0944 e. The van der Waals surface area contributed by atoms with Gasteiger partial charge in [0.2, 0.25) is 0 Å². The summed E-state index contributed by atoms with van der Waals surface area (Å²) in [6, 6.07) is 0. The molecule has 0 radical (unpaired) electrons. The molecule has 0 aliphatic carbocycles. The zero-order valence-electron chi connectivity index (χ0n) is 4.50. The van der Waals surface area contributed by atoms with Gasteiger partial charge in [-0.2, -0.15) is 0 Å². The van der Waals surface area contributed by atoms with Crippen LogP contribution in [0.25, 0.3) is 0 Å². The Bertz CT molecular complexity index is 100. The van der Waals surface area contributed by atoms with Gasteiger partial charge in [0.1, 0.15) is 0 Å². The van der Waals surface area contributed by atoms with Crippen molar-refractivity contribution in [3.05, 3.63) is 0 Å². The minimum Gasteiger partial charge on any atom is -0.380 e. The van der Waals surface area contributed by atoms with Gasteiger partial charge in [-0.25, -0.2) is 4.21 Å². The van der Waals surface area contributed by atoms with Crippen molar-refractivity contribution in [2.24, 2.45) is 5.14 Å². The summed E-state index contributed by atoms with van der Waals surface area (Å²) in [5.74, 6) is 0. The third kappa shape index (κ3) is 1.27. The predicted molar refractivity (Wildman–Crippen MR) is 31.6 cm³/mol. The summed E-state index contributed by atoms with van der Waals surface area (Å²) in [5, 5.41) is 5.18. The molecule has 1 aliphatic rings. The van der Waals surface area contributed by atoms with E-state index in [1.165, 1.54) is 0 Å². The van der Waals surface area contributed by atoms with E-state index in [4.69, 9.17) is 9.88 Å². The first-order valence-corrected chi connectivity index (χ1v) is 3.81.